The van der Waals surface area contributed by atoms with E-state index in [0.29, 0.717) is 5.69 Å². The van der Waals surface area contributed by atoms with Crippen LogP contribution in [0.25, 0.3) is 0 Å². The van der Waals surface area contributed by atoms with Crippen LogP contribution >= 0.6 is 0 Å². The lowest BCUT2D eigenvalue weighted by atomic mass is 9.98. The van der Waals surface area contributed by atoms with Crippen LogP contribution in [0.1, 0.15) is 29.8 Å². The molecule has 1 N–H and O–H groups in total. The Kier molecular flexibility index (Phi) is 7.55. The minimum absolute atomic E-state index is 0.177. The number of hydrogen-bond donors (Lipinski definition) is 1. The second-order valence-corrected chi connectivity index (χ2v) is 5.75. The third kappa shape index (κ3) is 5.67. The van der Waals surface area contributed by atoms with Gasteiger partial charge >= 0.3 is 11.9 Å². The monoisotopic (exact) mass is 369 g/mol. The summed E-state index contributed by atoms with van der Waals surface area (Å²) < 4.78 is 10.1. The molecule has 6 nitrogen and oxygen atoms in total. The lowest BCUT2D eigenvalue weighted by molar-refractivity contribution is -0.150. The van der Waals surface area contributed by atoms with Gasteiger partial charge in [0.25, 0.3) is 0 Å². The fourth-order valence-electron chi connectivity index (χ4n) is 2.57. The zero-order chi connectivity index (χ0) is 19.6. The molecule has 6 heteroatoms. The van der Waals surface area contributed by atoms with Crippen LogP contribution in [0, 0.1) is 5.92 Å². The maximum Gasteiger partial charge on any atom is 0.340 e. The van der Waals surface area contributed by atoms with Gasteiger partial charge in [-0.2, -0.15) is 0 Å². The summed E-state index contributed by atoms with van der Waals surface area (Å²) in [6.45, 7) is 3.79. The van der Waals surface area contributed by atoms with Gasteiger partial charge in [-0.1, -0.05) is 42.5 Å². The Labute approximate surface area is 158 Å². The highest BCUT2D eigenvalue weighted by molar-refractivity contribution is 6.08. The predicted molar refractivity (Wildman–Crippen MR) is 101 cm³/mol. The van der Waals surface area contributed by atoms with Gasteiger partial charge in [0, 0.05) is 0 Å². The van der Waals surface area contributed by atoms with Crippen molar-refractivity contribution in [2.75, 3.05) is 18.5 Å². The minimum atomic E-state index is -1.03. The molecule has 0 fully saturated rings. The number of carbonyl (C=O) groups is 3. The van der Waals surface area contributed by atoms with E-state index in [0.717, 1.165) is 5.56 Å². The molecular formula is C21H23NO5. The van der Waals surface area contributed by atoms with E-state index in [1.165, 1.54) is 0 Å². The maximum absolute atomic E-state index is 12.8. The quantitative estimate of drug-likeness (QED) is 0.571. The molecule has 0 aliphatic heterocycles. The van der Waals surface area contributed by atoms with Crippen molar-refractivity contribution in [2.45, 2.75) is 20.3 Å². The number of hydrogen-bond acceptors (Lipinski definition) is 5. The Morgan fingerprint density at radius 1 is 0.889 bits per heavy atom. The van der Waals surface area contributed by atoms with Gasteiger partial charge in [-0.15, -0.1) is 0 Å². The Morgan fingerprint density at radius 2 is 1.52 bits per heavy atom. The molecule has 0 aliphatic rings. The first-order valence-electron chi connectivity index (χ1n) is 8.84. The zero-order valence-electron chi connectivity index (χ0n) is 15.4. The zero-order valence-corrected chi connectivity index (χ0v) is 15.4. The topological polar surface area (TPSA) is 81.7 Å². The molecule has 0 aromatic heterocycles. The van der Waals surface area contributed by atoms with E-state index in [9.17, 15) is 14.4 Å². The van der Waals surface area contributed by atoms with Gasteiger partial charge in [-0.25, -0.2) is 4.79 Å². The van der Waals surface area contributed by atoms with Crippen molar-refractivity contribution in [2.24, 2.45) is 5.92 Å². The lowest BCUT2D eigenvalue weighted by Crippen LogP contribution is -2.33. The van der Waals surface area contributed by atoms with Crippen molar-refractivity contribution < 1.29 is 23.9 Å². The summed E-state index contributed by atoms with van der Waals surface area (Å²) in [5, 5.41) is 2.67. The summed E-state index contributed by atoms with van der Waals surface area (Å²) in [4.78, 5) is 37.2. The van der Waals surface area contributed by atoms with Crippen molar-refractivity contribution in [1.82, 2.24) is 0 Å². The number of rotatable bonds is 8. The molecule has 27 heavy (non-hydrogen) atoms. The fraction of sp³-hybridized carbons (Fsp3) is 0.286. The average Bonchev–Trinajstić information content (AvgIpc) is 2.67. The highest BCUT2D eigenvalue weighted by Gasteiger charge is 2.29. The van der Waals surface area contributed by atoms with Crippen LogP contribution in [0.4, 0.5) is 5.69 Å². The van der Waals surface area contributed by atoms with Crippen LogP contribution in [0.5, 0.6) is 0 Å². The molecular weight excluding hydrogens is 346 g/mol. The Hall–Kier alpha value is -3.15. The predicted octanol–water partition coefficient (Wildman–Crippen LogP) is 3.22. The second-order valence-electron chi connectivity index (χ2n) is 5.75. The molecule has 1 amide bonds. The number of carbonyl (C=O) groups excluding carboxylic acids is 3. The van der Waals surface area contributed by atoms with Gasteiger partial charge in [0.2, 0.25) is 5.91 Å². The largest absolute Gasteiger partial charge is 0.465 e. The van der Waals surface area contributed by atoms with Gasteiger partial charge in [-0.3, -0.25) is 9.59 Å². The molecule has 2 aromatic carbocycles. The Balaban J connectivity index is 2.23. The summed E-state index contributed by atoms with van der Waals surface area (Å²) in [7, 11) is 0. The first-order valence-corrected chi connectivity index (χ1v) is 8.84. The summed E-state index contributed by atoms with van der Waals surface area (Å²) in [6.07, 6.45) is 0.201. The minimum Gasteiger partial charge on any atom is -0.465 e. The van der Waals surface area contributed by atoms with E-state index in [1.54, 1.807) is 38.1 Å². The van der Waals surface area contributed by atoms with Crippen LogP contribution < -0.4 is 5.32 Å². The van der Waals surface area contributed by atoms with Gasteiger partial charge in [0.05, 0.1) is 24.5 Å². The van der Waals surface area contributed by atoms with Crippen LogP contribution in [-0.2, 0) is 25.5 Å². The number of anilines is 1. The van der Waals surface area contributed by atoms with Crippen LogP contribution in [-0.4, -0.2) is 31.1 Å². The van der Waals surface area contributed by atoms with Crippen molar-refractivity contribution in [3.05, 3.63) is 65.7 Å². The summed E-state index contributed by atoms with van der Waals surface area (Å²) >= 11 is 0. The van der Waals surface area contributed by atoms with Crippen molar-refractivity contribution in [1.29, 1.82) is 0 Å². The molecule has 0 heterocycles. The normalized spacial score (nSPS) is 11.3. The van der Waals surface area contributed by atoms with E-state index in [4.69, 9.17) is 9.47 Å². The molecule has 0 spiro atoms. The molecule has 1 unspecified atom stereocenters. The average molecular weight is 369 g/mol. The molecule has 0 bridgehead atoms. The smallest absolute Gasteiger partial charge is 0.340 e. The van der Waals surface area contributed by atoms with E-state index < -0.39 is 23.8 Å². The number of amides is 1. The summed E-state index contributed by atoms with van der Waals surface area (Å²) in [5.41, 5.74) is 1.36. The van der Waals surface area contributed by atoms with Gasteiger partial charge in [-0.05, 0) is 38.0 Å². The third-order valence-corrected chi connectivity index (χ3v) is 3.85. The molecule has 0 saturated carbocycles. The number of ether oxygens (including phenoxy) is 2. The SMILES string of the molecule is CCOC(=O)c1ccccc1NC(=O)C(Cc1ccccc1)C(=O)OCC. The molecule has 0 radical (unpaired) electrons. The third-order valence-electron chi connectivity index (χ3n) is 3.85. The Morgan fingerprint density at radius 3 is 2.19 bits per heavy atom. The van der Waals surface area contributed by atoms with E-state index in [1.807, 2.05) is 30.3 Å². The summed E-state index contributed by atoms with van der Waals surface area (Å²) in [5.74, 6) is -2.70. The molecule has 2 aromatic rings. The van der Waals surface area contributed by atoms with Gasteiger partial charge in [0.1, 0.15) is 5.92 Å². The Bertz CT molecular complexity index is 788. The molecule has 0 saturated heterocycles. The van der Waals surface area contributed by atoms with E-state index >= 15 is 0 Å². The van der Waals surface area contributed by atoms with Gasteiger partial charge < -0.3 is 14.8 Å². The van der Waals surface area contributed by atoms with Crippen LogP contribution in [0.2, 0.25) is 0 Å². The molecule has 1 atom stereocenters. The number of para-hydroxylation sites is 1. The highest BCUT2D eigenvalue weighted by atomic mass is 16.5. The first-order chi connectivity index (χ1) is 13.1. The summed E-state index contributed by atoms with van der Waals surface area (Å²) in [6, 6.07) is 15.7. The standard InChI is InChI=1S/C21H23NO5/c1-3-26-20(24)16-12-8-9-13-18(16)22-19(23)17(21(25)27-4-2)14-15-10-6-5-7-11-15/h5-13,17H,3-4,14H2,1-2H3,(H,22,23). The molecule has 2 rings (SSSR count). The number of nitrogens with one attached hydrogen (secondary N) is 1. The van der Waals surface area contributed by atoms with Gasteiger partial charge in [0.15, 0.2) is 0 Å². The van der Waals surface area contributed by atoms with Crippen molar-refractivity contribution >= 4 is 23.5 Å². The maximum atomic E-state index is 12.8. The molecule has 142 valence electrons. The lowest BCUT2D eigenvalue weighted by Gasteiger charge is -2.17. The van der Waals surface area contributed by atoms with Crippen LogP contribution in [0.15, 0.2) is 54.6 Å². The van der Waals surface area contributed by atoms with Crippen LogP contribution in [0.3, 0.4) is 0 Å². The highest BCUT2D eigenvalue weighted by Crippen LogP contribution is 2.19. The van der Waals surface area contributed by atoms with Crippen molar-refractivity contribution in [3.63, 3.8) is 0 Å². The van der Waals surface area contributed by atoms with Crippen molar-refractivity contribution in [3.8, 4) is 0 Å². The number of esters is 2. The second kappa shape index (κ2) is 10.1. The first kappa shape index (κ1) is 20.2. The fourth-order valence-corrected chi connectivity index (χ4v) is 2.57. The van der Waals surface area contributed by atoms with E-state index in [2.05, 4.69) is 5.32 Å². The molecule has 0 aliphatic carbocycles. The van der Waals surface area contributed by atoms with E-state index in [-0.39, 0.29) is 25.2 Å². The number of benzene rings is 2.